The Bertz CT molecular complexity index is 375. The second kappa shape index (κ2) is 6.07. The van der Waals surface area contributed by atoms with Crippen LogP contribution in [0.25, 0.3) is 0 Å². The Morgan fingerprint density at radius 3 is 3.18 bits per heavy atom. The van der Waals surface area contributed by atoms with Gasteiger partial charge in [-0.15, -0.1) is 5.10 Å². The standard InChI is InChI=1S/C11H17N3O2S/c1-8-10(17-14-13-8)6-12-11(15)5-9-3-2-4-16-7-9/h9H,2-7H2,1H3,(H,12,15). The molecule has 1 atom stereocenters. The maximum Gasteiger partial charge on any atom is 0.220 e. The minimum Gasteiger partial charge on any atom is -0.381 e. The third-order valence-electron chi connectivity index (χ3n) is 2.92. The molecule has 0 bridgehead atoms. The largest absolute Gasteiger partial charge is 0.381 e. The fraction of sp³-hybridized carbons (Fsp3) is 0.727. The molecule has 17 heavy (non-hydrogen) atoms. The maximum atomic E-state index is 11.7. The highest BCUT2D eigenvalue weighted by molar-refractivity contribution is 7.05. The summed E-state index contributed by atoms with van der Waals surface area (Å²) in [6, 6.07) is 0. The lowest BCUT2D eigenvalue weighted by Gasteiger charge is -2.21. The summed E-state index contributed by atoms with van der Waals surface area (Å²) in [5.74, 6) is 0.470. The van der Waals surface area contributed by atoms with Gasteiger partial charge in [0, 0.05) is 19.6 Å². The van der Waals surface area contributed by atoms with Gasteiger partial charge in [0.1, 0.15) is 0 Å². The van der Waals surface area contributed by atoms with Crippen molar-refractivity contribution in [1.29, 1.82) is 0 Å². The van der Waals surface area contributed by atoms with Gasteiger partial charge in [-0.05, 0) is 37.2 Å². The number of aryl methyl sites for hydroxylation is 1. The average molecular weight is 255 g/mol. The van der Waals surface area contributed by atoms with Gasteiger partial charge in [0.25, 0.3) is 0 Å². The molecule has 2 rings (SSSR count). The van der Waals surface area contributed by atoms with Gasteiger partial charge in [0.15, 0.2) is 0 Å². The van der Waals surface area contributed by atoms with Crippen LogP contribution in [0.3, 0.4) is 0 Å². The lowest BCUT2D eigenvalue weighted by atomic mass is 9.98. The highest BCUT2D eigenvalue weighted by Crippen LogP contribution is 2.17. The number of aromatic nitrogens is 2. The molecule has 0 aromatic carbocycles. The van der Waals surface area contributed by atoms with Gasteiger partial charge < -0.3 is 10.1 Å². The van der Waals surface area contributed by atoms with Gasteiger partial charge >= 0.3 is 0 Å². The monoisotopic (exact) mass is 255 g/mol. The zero-order valence-corrected chi connectivity index (χ0v) is 10.8. The van der Waals surface area contributed by atoms with Crippen molar-refractivity contribution >= 4 is 17.4 Å². The van der Waals surface area contributed by atoms with Crippen molar-refractivity contribution < 1.29 is 9.53 Å². The second-order valence-corrected chi connectivity index (χ2v) is 5.18. The highest BCUT2D eigenvalue weighted by atomic mass is 32.1. The number of nitrogens with one attached hydrogen (secondary N) is 1. The molecular weight excluding hydrogens is 238 g/mol. The quantitative estimate of drug-likeness (QED) is 0.880. The summed E-state index contributed by atoms with van der Waals surface area (Å²) in [5, 5.41) is 6.82. The van der Waals surface area contributed by atoms with E-state index in [1.54, 1.807) is 0 Å². The number of rotatable bonds is 4. The number of hydrogen-bond acceptors (Lipinski definition) is 5. The van der Waals surface area contributed by atoms with Crippen LogP contribution in [-0.4, -0.2) is 28.7 Å². The maximum absolute atomic E-state index is 11.7. The Hall–Kier alpha value is -1.01. The molecule has 0 saturated carbocycles. The van der Waals surface area contributed by atoms with E-state index in [1.807, 2.05) is 6.92 Å². The number of carbonyl (C=O) groups is 1. The van der Waals surface area contributed by atoms with E-state index >= 15 is 0 Å². The first-order chi connectivity index (χ1) is 8.25. The zero-order chi connectivity index (χ0) is 12.1. The predicted molar refractivity (Wildman–Crippen MR) is 64.7 cm³/mol. The molecule has 0 radical (unpaired) electrons. The van der Waals surface area contributed by atoms with E-state index < -0.39 is 0 Å². The molecule has 1 amide bonds. The summed E-state index contributed by atoms with van der Waals surface area (Å²) in [7, 11) is 0. The van der Waals surface area contributed by atoms with E-state index in [4.69, 9.17) is 4.74 Å². The molecule has 1 aliphatic heterocycles. The minimum atomic E-state index is 0.0910. The van der Waals surface area contributed by atoms with Crippen LogP contribution in [0.4, 0.5) is 0 Å². The Balaban J connectivity index is 1.72. The molecule has 1 aromatic rings. The molecular formula is C11H17N3O2S. The SMILES string of the molecule is Cc1nnsc1CNC(=O)CC1CCCOC1. The van der Waals surface area contributed by atoms with Crippen LogP contribution < -0.4 is 5.32 Å². The molecule has 2 heterocycles. The Labute approximate surface area is 105 Å². The van der Waals surface area contributed by atoms with Crippen LogP contribution in [0.15, 0.2) is 0 Å². The summed E-state index contributed by atoms with van der Waals surface area (Å²) in [6.07, 6.45) is 2.72. The van der Waals surface area contributed by atoms with Gasteiger partial charge in [-0.1, -0.05) is 4.49 Å². The summed E-state index contributed by atoms with van der Waals surface area (Å²) < 4.78 is 9.19. The molecule has 1 unspecified atom stereocenters. The second-order valence-electron chi connectivity index (χ2n) is 4.35. The molecule has 1 fully saturated rings. The number of amides is 1. The normalized spacial score (nSPS) is 20.2. The van der Waals surface area contributed by atoms with Crippen molar-refractivity contribution in [2.75, 3.05) is 13.2 Å². The zero-order valence-electron chi connectivity index (χ0n) is 9.94. The van der Waals surface area contributed by atoms with Crippen molar-refractivity contribution in [2.45, 2.75) is 32.7 Å². The fourth-order valence-corrected chi connectivity index (χ4v) is 2.47. The van der Waals surface area contributed by atoms with Crippen LogP contribution >= 0.6 is 11.5 Å². The molecule has 1 aliphatic rings. The molecule has 1 saturated heterocycles. The molecule has 5 nitrogen and oxygen atoms in total. The van der Waals surface area contributed by atoms with Crippen molar-refractivity contribution in [2.24, 2.45) is 5.92 Å². The summed E-state index contributed by atoms with van der Waals surface area (Å²) in [4.78, 5) is 12.7. The van der Waals surface area contributed by atoms with Crippen LogP contribution in [0.1, 0.15) is 29.8 Å². The first-order valence-electron chi connectivity index (χ1n) is 5.88. The van der Waals surface area contributed by atoms with Gasteiger partial charge in [-0.25, -0.2) is 0 Å². The van der Waals surface area contributed by atoms with Gasteiger partial charge in [-0.2, -0.15) is 0 Å². The number of nitrogens with zero attached hydrogens (tertiary/aromatic N) is 2. The van der Waals surface area contributed by atoms with Crippen molar-refractivity contribution in [3.8, 4) is 0 Å². The summed E-state index contributed by atoms with van der Waals surface area (Å²) >= 11 is 1.34. The van der Waals surface area contributed by atoms with Crippen molar-refractivity contribution in [3.63, 3.8) is 0 Å². The molecule has 6 heteroatoms. The number of carbonyl (C=O) groups excluding carboxylic acids is 1. The van der Waals surface area contributed by atoms with Crippen LogP contribution in [0.5, 0.6) is 0 Å². The third kappa shape index (κ3) is 3.74. The van der Waals surface area contributed by atoms with E-state index in [9.17, 15) is 4.79 Å². The molecule has 0 aliphatic carbocycles. The topological polar surface area (TPSA) is 64.1 Å². The van der Waals surface area contributed by atoms with E-state index in [0.29, 0.717) is 25.5 Å². The Kier molecular flexibility index (Phi) is 4.44. The van der Waals surface area contributed by atoms with E-state index in [1.165, 1.54) is 11.5 Å². The summed E-state index contributed by atoms with van der Waals surface area (Å²) in [5.41, 5.74) is 0.899. The Morgan fingerprint density at radius 1 is 1.65 bits per heavy atom. The van der Waals surface area contributed by atoms with Gasteiger partial charge in [0.2, 0.25) is 5.91 Å². The Morgan fingerprint density at radius 2 is 2.53 bits per heavy atom. The highest BCUT2D eigenvalue weighted by Gasteiger charge is 2.17. The van der Waals surface area contributed by atoms with Crippen molar-refractivity contribution in [3.05, 3.63) is 10.6 Å². The average Bonchev–Trinajstić information content (AvgIpc) is 2.74. The van der Waals surface area contributed by atoms with Crippen LogP contribution in [0, 0.1) is 12.8 Å². The van der Waals surface area contributed by atoms with Crippen molar-refractivity contribution in [1.82, 2.24) is 14.9 Å². The molecule has 1 N–H and O–H groups in total. The molecule has 94 valence electrons. The molecule has 0 spiro atoms. The predicted octanol–water partition coefficient (Wildman–Crippen LogP) is 1.28. The van der Waals surface area contributed by atoms with Crippen LogP contribution in [-0.2, 0) is 16.1 Å². The first-order valence-corrected chi connectivity index (χ1v) is 6.65. The van der Waals surface area contributed by atoms with Crippen LogP contribution in [0.2, 0.25) is 0 Å². The third-order valence-corrected chi connectivity index (χ3v) is 3.74. The van der Waals surface area contributed by atoms with E-state index in [2.05, 4.69) is 14.9 Å². The summed E-state index contributed by atoms with van der Waals surface area (Å²) in [6.45, 7) is 3.99. The fourth-order valence-electron chi connectivity index (χ4n) is 1.89. The van der Waals surface area contributed by atoms with Gasteiger partial charge in [0.05, 0.1) is 17.1 Å². The van der Waals surface area contributed by atoms with E-state index in [-0.39, 0.29) is 5.91 Å². The number of hydrogen-bond donors (Lipinski definition) is 1. The smallest absolute Gasteiger partial charge is 0.220 e. The van der Waals surface area contributed by atoms with E-state index in [0.717, 1.165) is 30.0 Å². The van der Waals surface area contributed by atoms with Gasteiger partial charge in [-0.3, -0.25) is 4.79 Å². The number of ether oxygens (including phenoxy) is 1. The molecule has 1 aromatic heterocycles. The lowest BCUT2D eigenvalue weighted by Crippen LogP contribution is -2.28. The first kappa shape index (κ1) is 12.4. The minimum absolute atomic E-state index is 0.0910. The lowest BCUT2D eigenvalue weighted by molar-refractivity contribution is -0.123.